The third-order valence-corrected chi connectivity index (χ3v) is 3.05. The Morgan fingerprint density at radius 3 is 1.50 bits per heavy atom. The first-order valence-corrected chi connectivity index (χ1v) is 7.23. The van der Waals surface area contributed by atoms with Crippen LogP contribution in [0.15, 0.2) is 0 Å². The zero-order valence-electron chi connectivity index (χ0n) is 11.4. The van der Waals surface area contributed by atoms with Gasteiger partial charge in [-0.1, -0.05) is 58.3 Å². The van der Waals surface area contributed by atoms with Gasteiger partial charge in [0.2, 0.25) is 0 Å². The summed E-state index contributed by atoms with van der Waals surface area (Å²) < 4.78 is 0. The predicted molar refractivity (Wildman–Crippen MR) is 69.2 cm³/mol. The maximum absolute atomic E-state index is 2.41. The van der Waals surface area contributed by atoms with Crippen LogP contribution in [0.2, 0.25) is 0 Å². The molecule has 0 spiro atoms. The second-order valence-electron chi connectivity index (χ2n) is 4.67. The molecule has 0 aliphatic carbocycles. The number of hydrogen-bond donors (Lipinski definition) is 1. The van der Waals surface area contributed by atoms with Crippen molar-refractivity contribution < 1.29 is 22.3 Å². The summed E-state index contributed by atoms with van der Waals surface area (Å²) in [5.41, 5.74) is 0. The van der Waals surface area contributed by atoms with E-state index in [1.54, 1.807) is 0 Å². The molecule has 0 saturated heterocycles. The minimum atomic E-state index is 0. The van der Waals surface area contributed by atoms with Crippen LogP contribution in [0.5, 0.6) is 0 Å². The summed E-state index contributed by atoms with van der Waals surface area (Å²) >= 11 is 0. The predicted octanol–water partition coefficient (Wildman–Crippen LogP) is 0.495. The number of hydrogen-bond acceptors (Lipinski definition) is 0. The molecule has 0 atom stereocenters. The minimum Gasteiger partial charge on any atom is -1.00 e. The van der Waals surface area contributed by atoms with Gasteiger partial charge in [-0.15, -0.1) is 0 Å². The van der Waals surface area contributed by atoms with Gasteiger partial charge in [0.15, 0.2) is 0 Å². The van der Waals surface area contributed by atoms with Crippen molar-refractivity contribution in [1.29, 1.82) is 0 Å². The molecule has 0 fully saturated rings. The molecular weight excluding hydrogens is 262 g/mol. The van der Waals surface area contributed by atoms with Crippen molar-refractivity contribution in [2.45, 2.75) is 78.1 Å². The van der Waals surface area contributed by atoms with Crippen molar-refractivity contribution >= 4 is 0 Å². The number of halogens is 1. The van der Waals surface area contributed by atoms with Crippen LogP contribution in [-0.4, -0.2) is 13.1 Å². The van der Waals surface area contributed by atoms with Crippen LogP contribution in [0.1, 0.15) is 78.1 Å². The summed E-state index contributed by atoms with van der Waals surface area (Å²) in [7, 11) is 0. The van der Waals surface area contributed by atoms with Gasteiger partial charge in [0.25, 0.3) is 0 Å². The summed E-state index contributed by atoms with van der Waals surface area (Å²) in [6.07, 6.45) is 14.5. The van der Waals surface area contributed by atoms with Crippen molar-refractivity contribution in [3.8, 4) is 0 Å². The molecule has 100 valence electrons. The fraction of sp³-hybridized carbons (Fsp3) is 1.00. The van der Waals surface area contributed by atoms with Crippen molar-refractivity contribution in [3.63, 3.8) is 0 Å². The zero-order valence-corrected chi connectivity index (χ0v) is 13.0. The average molecular weight is 294 g/mol. The Balaban J connectivity index is 0. The molecule has 16 heavy (non-hydrogen) atoms. The van der Waals surface area contributed by atoms with E-state index in [1.807, 2.05) is 0 Å². The first-order valence-electron chi connectivity index (χ1n) is 7.23. The van der Waals surface area contributed by atoms with E-state index in [2.05, 4.69) is 19.2 Å². The molecule has 2 heteroatoms. The molecule has 0 aliphatic heterocycles. The van der Waals surface area contributed by atoms with Crippen LogP contribution in [-0.2, 0) is 0 Å². The highest BCUT2D eigenvalue weighted by atomic mass is 79.9. The molecule has 0 amide bonds. The second kappa shape index (κ2) is 17.8. The topological polar surface area (TPSA) is 16.6 Å². The van der Waals surface area contributed by atoms with Crippen LogP contribution < -0.4 is 22.3 Å². The summed E-state index contributed by atoms with van der Waals surface area (Å²) in [6.45, 7) is 7.11. The van der Waals surface area contributed by atoms with Crippen molar-refractivity contribution in [1.82, 2.24) is 0 Å². The maximum Gasteiger partial charge on any atom is 0.0755 e. The van der Waals surface area contributed by atoms with Gasteiger partial charge in [-0.3, -0.25) is 0 Å². The van der Waals surface area contributed by atoms with Gasteiger partial charge in [0.1, 0.15) is 0 Å². The molecular formula is C14H32BrN. The third-order valence-electron chi connectivity index (χ3n) is 3.05. The molecule has 0 aromatic heterocycles. The lowest BCUT2D eigenvalue weighted by molar-refractivity contribution is -0.652. The first-order chi connectivity index (χ1) is 7.41. The van der Waals surface area contributed by atoms with Crippen molar-refractivity contribution in [3.05, 3.63) is 0 Å². The summed E-state index contributed by atoms with van der Waals surface area (Å²) in [4.78, 5) is 0. The van der Waals surface area contributed by atoms with E-state index < -0.39 is 0 Å². The fourth-order valence-electron chi connectivity index (χ4n) is 1.98. The summed E-state index contributed by atoms with van der Waals surface area (Å²) in [5, 5.41) is 2.41. The van der Waals surface area contributed by atoms with E-state index in [-0.39, 0.29) is 17.0 Å². The Hall–Kier alpha value is 0.440. The molecule has 0 heterocycles. The van der Waals surface area contributed by atoms with E-state index in [0.717, 1.165) is 0 Å². The Labute approximate surface area is 114 Å². The van der Waals surface area contributed by atoms with Crippen LogP contribution in [0.4, 0.5) is 0 Å². The smallest absolute Gasteiger partial charge is 0.0755 e. The van der Waals surface area contributed by atoms with Gasteiger partial charge < -0.3 is 22.3 Å². The number of rotatable bonds is 12. The largest absolute Gasteiger partial charge is 1.00 e. The molecule has 1 nitrogen and oxygen atoms in total. The molecule has 0 radical (unpaired) electrons. The van der Waals surface area contributed by atoms with E-state index >= 15 is 0 Å². The number of unbranched alkanes of at least 4 members (excludes halogenated alkanes) is 9. The lowest BCUT2D eigenvalue weighted by Gasteiger charge is -2.01. The number of quaternary nitrogens is 1. The molecule has 0 aliphatic rings. The molecule has 0 saturated carbocycles. The van der Waals surface area contributed by atoms with E-state index in [9.17, 15) is 0 Å². The normalized spacial score (nSPS) is 10.1. The Morgan fingerprint density at radius 2 is 1.06 bits per heavy atom. The van der Waals surface area contributed by atoms with E-state index in [1.165, 1.54) is 77.3 Å². The molecule has 0 bridgehead atoms. The first kappa shape index (κ1) is 18.8. The van der Waals surface area contributed by atoms with Crippen molar-refractivity contribution in [2.75, 3.05) is 13.1 Å². The monoisotopic (exact) mass is 293 g/mol. The standard InChI is InChI=1S/C14H31N.BrH/c1-3-5-6-7-8-9-10-11-12-13-14-15-4-2;/h15H,3-14H2,1-2H3;1H. The summed E-state index contributed by atoms with van der Waals surface area (Å²) in [5.74, 6) is 0. The quantitative estimate of drug-likeness (QED) is 0.505. The van der Waals surface area contributed by atoms with Crippen molar-refractivity contribution in [2.24, 2.45) is 0 Å². The molecule has 0 unspecified atom stereocenters. The highest BCUT2D eigenvalue weighted by molar-refractivity contribution is 4.46. The summed E-state index contributed by atoms with van der Waals surface area (Å²) in [6, 6.07) is 0. The van der Waals surface area contributed by atoms with Gasteiger partial charge in [0.05, 0.1) is 13.1 Å². The highest BCUT2D eigenvalue weighted by Gasteiger charge is 1.92. The lowest BCUT2D eigenvalue weighted by atomic mass is 10.1. The van der Waals surface area contributed by atoms with Gasteiger partial charge >= 0.3 is 0 Å². The average Bonchev–Trinajstić information content (AvgIpc) is 2.26. The van der Waals surface area contributed by atoms with Gasteiger partial charge in [-0.05, 0) is 19.8 Å². The Bertz CT molecular complexity index is 94.9. The highest BCUT2D eigenvalue weighted by Crippen LogP contribution is 2.09. The third kappa shape index (κ3) is 16.9. The lowest BCUT2D eigenvalue weighted by Crippen LogP contribution is -3.00. The van der Waals surface area contributed by atoms with Gasteiger partial charge in [-0.2, -0.15) is 0 Å². The zero-order chi connectivity index (χ0) is 11.2. The molecule has 0 aromatic carbocycles. The Morgan fingerprint density at radius 1 is 0.625 bits per heavy atom. The molecule has 0 rings (SSSR count). The van der Waals surface area contributed by atoms with Gasteiger partial charge in [-0.25, -0.2) is 0 Å². The molecule has 0 aromatic rings. The van der Waals surface area contributed by atoms with Crippen LogP contribution in [0.25, 0.3) is 0 Å². The fourth-order valence-corrected chi connectivity index (χ4v) is 1.98. The maximum atomic E-state index is 2.41. The Kier molecular flexibility index (Phi) is 20.9. The number of nitrogens with two attached hydrogens (primary N) is 1. The minimum absolute atomic E-state index is 0. The van der Waals surface area contributed by atoms with E-state index in [0.29, 0.717) is 0 Å². The second-order valence-corrected chi connectivity index (χ2v) is 4.67. The SMILES string of the molecule is CCCCCCCCCCCC[NH2+]CC.[Br-]. The molecule has 2 N–H and O–H groups in total. The van der Waals surface area contributed by atoms with Crippen LogP contribution in [0, 0.1) is 0 Å². The van der Waals surface area contributed by atoms with Crippen LogP contribution >= 0.6 is 0 Å². The van der Waals surface area contributed by atoms with E-state index in [4.69, 9.17) is 0 Å². The van der Waals surface area contributed by atoms with Gasteiger partial charge in [0, 0.05) is 0 Å². The van der Waals surface area contributed by atoms with Crippen LogP contribution in [0.3, 0.4) is 0 Å².